The Morgan fingerprint density at radius 2 is 2.30 bits per heavy atom. The highest BCUT2D eigenvalue weighted by Gasteiger charge is 2.37. The zero-order valence-electron chi connectivity index (χ0n) is 6.27. The predicted molar refractivity (Wildman–Crippen MR) is 37.5 cm³/mol. The number of halogens is 1. The van der Waals surface area contributed by atoms with Crippen LogP contribution in [0.1, 0.15) is 32.6 Å². The second-order valence-electron chi connectivity index (χ2n) is 3.19. The monoisotopic (exact) mass is 144 g/mol. The second kappa shape index (κ2) is 2.69. The largest absolute Gasteiger partial charge is 0.300 e. The molecular formula is C8H13FO. The third-order valence-corrected chi connectivity index (χ3v) is 2.46. The van der Waals surface area contributed by atoms with Crippen LogP contribution >= 0.6 is 0 Å². The van der Waals surface area contributed by atoms with Crippen molar-refractivity contribution >= 4 is 6.29 Å². The standard InChI is InChI=1S/C8H13FO/c1-7-4-2-3-5-8(7,9)6-10/h6-7H,2-5H2,1H3. The molecule has 1 rings (SSSR count). The van der Waals surface area contributed by atoms with Crippen molar-refractivity contribution < 1.29 is 9.18 Å². The van der Waals surface area contributed by atoms with Gasteiger partial charge in [-0.2, -0.15) is 0 Å². The molecule has 0 aromatic heterocycles. The summed E-state index contributed by atoms with van der Waals surface area (Å²) in [5.41, 5.74) is -1.50. The van der Waals surface area contributed by atoms with Gasteiger partial charge in [-0.25, -0.2) is 4.39 Å². The van der Waals surface area contributed by atoms with Gasteiger partial charge in [0.05, 0.1) is 0 Å². The maximum Gasteiger partial charge on any atom is 0.168 e. The molecule has 0 bridgehead atoms. The van der Waals surface area contributed by atoms with Crippen LogP contribution in [0.15, 0.2) is 0 Å². The van der Waals surface area contributed by atoms with Gasteiger partial charge in [-0.1, -0.05) is 13.3 Å². The summed E-state index contributed by atoms with van der Waals surface area (Å²) in [5.74, 6) is -0.0706. The molecule has 0 radical (unpaired) electrons. The van der Waals surface area contributed by atoms with Crippen molar-refractivity contribution in [3.63, 3.8) is 0 Å². The molecule has 1 aliphatic carbocycles. The number of carbonyl (C=O) groups is 1. The van der Waals surface area contributed by atoms with Crippen molar-refractivity contribution in [1.82, 2.24) is 0 Å². The summed E-state index contributed by atoms with van der Waals surface area (Å²) in [4.78, 5) is 10.3. The van der Waals surface area contributed by atoms with Crippen molar-refractivity contribution in [2.24, 2.45) is 5.92 Å². The zero-order chi connectivity index (χ0) is 7.61. The Bertz CT molecular complexity index is 135. The summed E-state index contributed by atoms with van der Waals surface area (Å²) in [6.07, 6.45) is 3.70. The van der Waals surface area contributed by atoms with Gasteiger partial charge in [0.2, 0.25) is 0 Å². The van der Waals surface area contributed by atoms with Crippen LogP contribution in [0.2, 0.25) is 0 Å². The number of hydrogen-bond acceptors (Lipinski definition) is 1. The normalized spacial score (nSPS) is 41.2. The molecule has 0 amide bonds. The molecule has 0 N–H and O–H groups in total. The summed E-state index contributed by atoms with van der Waals surface area (Å²) in [5, 5.41) is 0. The maximum absolute atomic E-state index is 13.3. The first-order valence-corrected chi connectivity index (χ1v) is 3.84. The third kappa shape index (κ3) is 1.20. The summed E-state index contributed by atoms with van der Waals surface area (Å²) in [6.45, 7) is 1.81. The second-order valence-corrected chi connectivity index (χ2v) is 3.19. The van der Waals surface area contributed by atoms with Crippen molar-refractivity contribution in [2.75, 3.05) is 0 Å². The first-order valence-electron chi connectivity index (χ1n) is 3.84. The van der Waals surface area contributed by atoms with Crippen LogP contribution in [0.5, 0.6) is 0 Å². The van der Waals surface area contributed by atoms with Crippen LogP contribution in [0.4, 0.5) is 4.39 Å². The zero-order valence-corrected chi connectivity index (χ0v) is 6.27. The number of alkyl halides is 1. The smallest absolute Gasteiger partial charge is 0.168 e. The SMILES string of the molecule is CC1CCCCC1(F)C=O. The molecule has 0 aromatic carbocycles. The Kier molecular flexibility index (Phi) is 2.07. The average molecular weight is 144 g/mol. The highest BCUT2D eigenvalue weighted by molar-refractivity contribution is 5.62. The van der Waals surface area contributed by atoms with Crippen LogP contribution in [0, 0.1) is 5.92 Å². The quantitative estimate of drug-likeness (QED) is 0.515. The van der Waals surface area contributed by atoms with Gasteiger partial charge in [-0.15, -0.1) is 0 Å². The molecule has 2 unspecified atom stereocenters. The number of aldehydes is 1. The molecule has 1 fully saturated rings. The van der Waals surface area contributed by atoms with Gasteiger partial charge >= 0.3 is 0 Å². The molecule has 0 aromatic rings. The lowest BCUT2D eigenvalue weighted by molar-refractivity contribution is -0.122. The Labute approximate surface area is 60.6 Å². The molecule has 0 aliphatic heterocycles. The molecule has 2 heteroatoms. The number of hydrogen-bond donors (Lipinski definition) is 0. The lowest BCUT2D eigenvalue weighted by Crippen LogP contribution is -2.35. The Balaban J connectivity index is 2.62. The Morgan fingerprint density at radius 3 is 2.70 bits per heavy atom. The van der Waals surface area contributed by atoms with Crippen LogP contribution in [-0.4, -0.2) is 12.0 Å². The summed E-state index contributed by atoms with van der Waals surface area (Å²) >= 11 is 0. The first kappa shape index (κ1) is 7.70. The highest BCUT2D eigenvalue weighted by atomic mass is 19.1. The molecule has 10 heavy (non-hydrogen) atoms. The van der Waals surface area contributed by atoms with Gasteiger partial charge in [0.15, 0.2) is 12.0 Å². The molecule has 0 heterocycles. The van der Waals surface area contributed by atoms with E-state index < -0.39 is 5.67 Å². The van der Waals surface area contributed by atoms with Gasteiger partial charge < -0.3 is 0 Å². The number of carbonyl (C=O) groups excluding carboxylic acids is 1. The Hall–Kier alpha value is -0.400. The molecule has 58 valence electrons. The van der Waals surface area contributed by atoms with E-state index in [1.54, 1.807) is 0 Å². The maximum atomic E-state index is 13.3. The minimum atomic E-state index is -1.50. The summed E-state index contributed by atoms with van der Waals surface area (Å²) in [7, 11) is 0. The van der Waals surface area contributed by atoms with Crippen LogP contribution < -0.4 is 0 Å². The minimum Gasteiger partial charge on any atom is -0.300 e. The lowest BCUT2D eigenvalue weighted by Gasteiger charge is -2.30. The van der Waals surface area contributed by atoms with E-state index in [0.717, 1.165) is 19.3 Å². The van der Waals surface area contributed by atoms with E-state index in [1.165, 1.54) is 0 Å². The summed E-state index contributed by atoms with van der Waals surface area (Å²) in [6, 6.07) is 0. The fraction of sp³-hybridized carbons (Fsp3) is 0.875. The number of rotatable bonds is 1. The van der Waals surface area contributed by atoms with Crippen molar-refractivity contribution in [2.45, 2.75) is 38.3 Å². The predicted octanol–water partition coefficient (Wildman–Crippen LogP) is 2.10. The van der Waals surface area contributed by atoms with E-state index in [9.17, 15) is 9.18 Å². The lowest BCUT2D eigenvalue weighted by atomic mass is 9.79. The molecule has 1 saturated carbocycles. The van der Waals surface area contributed by atoms with Crippen LogP contribution in [0.25, 0.3) is 0 Å². The first-order chi connectivity index (χ1) is 4.69. The molecule has 0 spiro atoms. The van der Waals surface area contributed by atoms with Crippen LogP contribution in [-0.2, 0) is 4.79 Å². The highest BCUT2D eigenvalue weighted by Crippen LogP contribution is 2.34. The van der Waals surface area contributed by atoms with E-state index in [0.29, 0.717) is 12.7 Å². The van der Waals surface area contributed by atoms with Crippen molar-refractivity contribution in [3.8, 4) is 0 Å². The van der Waals surface area contributed by atoms with Crippen LogP contribution in [0.3, 0.4) is 0 Å². The van der Waals surface area contributed by atoms with Gasteiger partial charge in [-0.3, -0.25) is 4.79 Å². The Morgan fingerprint density at radius 1 is 1.60 bits per heavy atom. The van der Waals surface area contributed by atoms with Gasteiger partial charge in [0, 0.05) is 0 Å². The van der Waals surface area contributed by atoms with E-state index in [2.05, 4.69) is 0 Å². The molecule has 0 saturated heterocycles. The van der Waals surface area contributed by atoms with E-state index in [1.807, 2.05) is 6.92 Å². The average Bonchev–Trinajstić information content (AvgIpc) is 1.96. The van der Waals surface area contributed by atoms with Crippen molar-refractivity contribution in [3.05, 3.63) is 0 Å². The molecule has 2 atom stereocenters. The molecular weight excluding hydrogens is 131 g/mol. The van der Waals surface area contributed by atoms with Gasteiger partial charge in [0.25, 0.3) is 0 Å². The van der Waals surface area contributed by atoms with E-state index >= 15 is 0 Å². The topological polar surface area (TPSA) is 17.1 Å². The summed E-state index contributed by atoms with van der Waals surface area (Å²) < 4.78 is 13.3. The third-order valence-electron chi connectivity index (χ3n) is 2.46. The van der Waals surface area contributed by atoms with E-state index in [4.69, 9.17) is 0 Å². The van der Waals surface area contributed by atoms with Gasteiger partial charge in [0.1, 0.15) is 0 Å². The van der Waals surface area contributed by atoms with Gasteiger partial charge in [-0.05, 0) is 25.2 Å². The van der Waals surface area contributed by atoms with Crippen molar-refractivity contribution in [1.29, 1.82) is 0 Å². The fourth-order valence-electron chi connectivity index (χ4n) is 1.51. The fourth-order valence-corrected chi connectivity index (χ4v) is 1.51. The molecule has 1 aliphatic rings. The minimum absolute atomic E-state index is 0.0706. The molecule has 1 nitrogen and oxygen atoms in total. The van der Waals surface area contributed by atoms with E-state index in [-0.39, 0.29) is 5.92 Å².